The molecule has 4 nitrogen and oxygen atoms in total. The van der Waals surface area contributed by atoms with E-state index in [2.05, 4.69) is 4.98 Å². The number of fused-ring (bicyclic) bond motifs is 1. The molecule has 118 valence electrons. The zero-order chi connectivity index (χ0) is 16.1. The van der Waals surface area contributed by atoms with Crippen molar-refractivity contribution in [3.05, 3.63) is 41.6 Å². The summed E-state index contributed by atoms with van der Waals surface area (Å²) in [7, 11) is 2.52. The maximum absolute atomic E-state index is 12.3. The minimum atomic E-state index is -0.963. The third kappa shape index (κ3) is 4.37. The van der Waals surface area contributed by atoms with Gasteiger partial charge in [0.25, 0.3) is 0 Å². The largest absolute Gasteiger partial charge is 0.349 e. The number of benzene rings is 1. The fraction of sp³-hybridized carbons (Fsp3) is 0.412. The Morgan fingerprint density at radius 3 is 2.73 bits per heavy atom. The van der Waals surface area contributed by atoms with Crippen LogP contribution in [0.25, 0.3) is 10.9 Å². The minimum absolute atomic E-state index is 0.0854. The van der Waals surface area contributed by atoms with Gasteiger partial charge in [-0.25, -0.2) is 0 Å². The standard InChI is InChI=1S/C17H22N2O2S/c1-13-11-14(15-7-4-5-8-16(15)18-13)12-22(21)10-6-9-17(20)19(2)3/h4-5,7-8,11H,6,9-10,12H2,1-3H3. The summed E-state index contributed by atoms with van der Waals surface area (Å²) in [5.74, 6) is 1.15. The number of pyridine rings is 1. The van der Waals surface area contributed by atoms with Crippen molar-refractivity contribution in [3.8, 4) is 0 Å². The lowest BCUT2D eigenvalue weighted by Gasteiger charge is -2.10. The van der Waals surface area contributed by atoms with E-state index in [1.807, 2.05) is 37.3 Å². The highest BCUT2D eigenvalue weighted by Crippen LogP contribution is 2.19. The summed E-state index contributed by atoms with van der Waals surface area (Å²) in [6.45, 7) is 1.95. The number of rotatable bonds is 6. The normalized spacial score (nSPS) is 12.3. The number of hydrogen-bond acceptors (Lipinski definition) is 3. The number of amides is 1. The van der Waals surface area contributed by atoms with E-state index in [4.69, 9.17) is 0 Å². The van der Waals surface area contributed by atoms with Crippen molar-refractivity contribution in [1.29, 1.82) is 0 Å². The molecule has 0 N–H and O–H groups in total. The van der Waals surface area contributed by atoms with Gasteiger partial charge >= 0.3 is 0 Å². The molecule has 0 saturated carbocycles. The first kappa shape index (κ1) is 16.6. The number of para-hydroxylation sites is 1. The second-order valence-electron chi connectivity index (χ2n) is 5.62. The van der Waals surface area contributed by atoms with Crippen molar-refractivity contribution >= 4 is 27.6 Å². The van der Waals surface area contributed by atoms with Crippen LogP contribution in [-0.2, 0) is 21.3 Å². The zero-order valence-electron chi connectivity index (χ0n) is 13.3. The van der Waals surface area contributed by atoms with E-state index in [1.54, 1.807) is 19.0 Å². The number of hydrogen-bond donors (Lipinski definition) is 0. The first-order valence-corrected chi connectivity index (χ1v) is 8.86. The van der Waals surface area contributed by atoms with Gasteiger partial charge in [-0.15, -0.1) is 0 Å². The van der Waals surface area contributed by atoms with Crippen LogP contribution in [0.4, 0.5) is 0 Å². The molecule has 0 fully saturated rings. The van der Waals surface area contributed by atoms with Crippen LogP contribution >= 0.6 is 0 Å². The molecule has 0 aliphatic carbocycles. The predicted octanol–water partition coefficient (Wildman–Crippen LogP) is 2.66. The molecule has 5 heteroatoms. The molecule has 2 aromatic rings. The molecule has 0 aliphatic heterocycles. The first-order chi connectivity index (χ1) is 10.5. The van der Waals surface area contributed by atoms with Gasteiger partial charge in [-0.2, -0.15) is 0 Å². The van der Waals surface area contributed by atoms with Gasteiger partial charge in [0.2, 0.25) is 5.91 Å². The molecule has 1 unspecified atom stereocenters. The van der Waals surface area contributed by atoms with Crippen LogP contribution in [0, 0.1) is 6.92 Å². The van der Waals surface area contributed by atoms with E-state index in [0.717, 1.165) is 22.2 Å². The Morgan fingerprint density at radius 1 is 1.27 bits per heavy atom. The molecule has 1 aromatic heterocycles. The Kier molecular flexibility index (Phi) is 5.66. The molecular formula is C17H22N2O2S. The summed E-state index contributed by atoms with van der Waals surface area (Å²) >= 11 is 0. The van der Waals surface area contributed by atoms with Gasteiger partial charge in [0.1, 0.15) is 0 Å². The summed E-state index contributed by atoms with van der Waals surface area (Å²) in [6.07, 6.45) is 1.11. The van der Waals surface area contributed by atoms with Gasteiger partial charge in [0.15, 0.2) is 0 Å². The summed E-state index contributed by atoms with van der Waals surface area (Å²) in [5, 5.41) is 1.06. The molecule has 0 aliphatic rings. The van der Waals surface area contributed by atoms with Crippen LogP contribution < -0.4 is 0 Å². The molecule has 0 spiro atoms. The van der Waals surface area contributed by atoms with Crippen molar-refractivity contribution in [3.63, 3.8) is 0 Å². The topological polar surface area (TPSA) is 50.3 Å². The Morgan fingerprint density at radius 2 is 2.00 bits per heavy atom. The number of carbonyl (C=O) groups is 1. The maximum atomic E-state index is 12.3. The lowest BCUT2D eigenvalue weighted by molar-refractivity contribution is -0.128. The molecule has 22 heavy (non-hydrogen) atoms. The second-order valence-corrected chi connectivity index (χ2v) is 7.20. The quantitative estimate of drug-likeness (QED) is 0.823. The van der Waals surface area contributed by atoms with Gasteiger partial charge in [0.05, 0.1) is 5.52 Å². The van der Waals surface area contributed by atoms with Crippen LogP contribution in [0.1, 0.15) is 24.1 Å². The molecule has 0 saturated heterocycles. The highest BCUT2D eigenvalue weighted by atomic mass is 32.2. The fourth-order valence-electron chi connectivity index (χ4n) is 2.37. The third-order valence-corrected chi connectivity index (χ3v) is 4.88. The van der Waals surface area contributed by atoms with E-state index in [0.29, 0.717) is 24.3 Å². The van der Waals surface area contributed by atoms with Crippen molar-refractivity contribution < 1.29 is 9.00 Å². The molecule has 1 heterocycles. The average molecular weight is 318 g/mol. The van der Waals surface area contributed by atoms with Gasteiger partial charge in [-0.05, 0) is 31.0 Å². The van der Waals surface area contributed by atoms with Crippen LogP contribution in [0.2, 0.25) is 0 Å². The molecule has 1 amide bonds. The highest BCUT2D eigenvalue weighted by molar-refractivity contribution is 7.84. The molecule has 0 bridgehead atoms. The smallest absolute Gasteiger partial charge is 0.222 e. The summed E-state index contributed by atoms with van der Waals surface area (Å²) in [6, 6.07) is 9.93. The van der Waals surface area contributed by atoms with E-state index >= 15 is 0 Å². The molecule has 1 aromatic carbocycles. The van der Waals surface area contributed by atoms with Gasteiger partial charge in [-0.3, -0.25) is 14.0 Å². The van der Waals surface area contributed by atoms with E-state index in [-0.39, 0.29) is 5.91 Å². The molecule has 2 rings (SSSR count). The van der Waals surface area contributed by atoms with Crippen molar-refractivity contribution in [2.75, 3.05) is 19.8 Å². The fourth-order valence-corrected chi connectivity index (χ4v) is 3.56. The summed E-state index contributed by atoms with van der Waals surface area (Å²) < 4.78 is 12.3. The van der Waals surface area contributed by atoms with Gasteiger partial charge < -0.3 is 4.90 Å². The Bertz CT molecular complexity index is 698. The van der Waals surface area contributed by atoms with Crippen molar-refractivity contribution in [2.24, 2.45) is 0 Å². The molecular weight excluding hydrogens is 296 g/mol. The summed E-state index contributed by atoms with van der Waals surface area (Å²) in [4.78, 5) is 17.6. The van der Waals surface area contributed by atoms with Crippen molar-refractivity contribution in [1.82, 2.24) is 9.88 Å². The van der Waals surface area contributed by atoms with Crippen LogP contribution in [0.5, 0.6) is 0 Å². The zero-order valence-corrected chi connectivity index (χ0v) is 14.2. The van der Waals surface area contributed by atoms with E-state index in [1.165, 1.54) is 0 Å². The average Bonchev–Trinajstić information content (AvgIpc) is 2.46. The maximum Gasteiger partial charge on any atom is 0.222 e. The minimum Gasteiger partial charge on any atom is -0.349 e. The number of aryl methyl sites for hydroxylation is 1. The van der Waals surface area contributed by atoms with Gasteiger partial charge in [0, 0.05) is 53.9 Å². The Hall–Kier alpha value is -1.75. The first-order valence-electron chi connectivity index (χ1n) is 7.38. The lowest BCUT2D eigenvalue weighted by atomic mass is 10.1. The van der Waals surface area contributed by atoms with E-state index in [9.17, 15) is 9.00 Å². The highest BCUT2D eigenvalue weighted by Gasteiger charge is 2.09. The monoisotopic (exact) mass is 318 g/mol. The number of aromatic nitrogens is 1. The van der Waals surface area contributed by atoms with Crippen LogP contribution in [0.15, 0.2) is 30.3 Å². The molecule has 1 atom stereocenters. The second kappa shape index (κ2) is 7.49. The predicted molar refractivity (Wildman–Crippen MR) is 91.1 cm³/mol. The van der Waals surface area contributed by atoms with Crippen LogP contribution in [-0.4, -0.2) is 39.8 Å². The number of carbonyl (C=O) groups excluding carboxylic acids is 1. The SMILES string of the molecule is Cc1cc(CS(=O)CCCC(=O)N(C)C)c2ccccc2n1. The molecule has 0 radical (unpaired) electrons. The van der Waals surface area contributed by atoms with Crippen LogP contribution in [0.3, 0.4) is 0 Å². The Labute approximate surface area is 134 Å². The Balaban J connectivity index is 2.01. The number of nitrogens with zero attached hydrogens (tertiary/aromatic N) is 2. The third-order valence-electron chi connectivity index (χ3n) is 3.51. The van der Waals surface area contributed by atoms with E-state index < -0.39 is 10.8 Å². The summed E-state index contributed by atoms with van der Waals surface area (Å²) in [5.41, 5.74) is 2.95. The lowest BCUT2D eigenvalue weighted by Crippen LogP contribution is -2.21. The van der Waals surface area contributed by atoms with Gasteiger partial charge in [-0.1, -0.05) is 18.2 Å². The van der Waals surface area contributed by atoms with Crippen molar-refractivity contribution in [2.45, 2.75) is 25.5 Å².